The van der Waals surface area contributed by atoms with Crippen LogP contribution in [-0.2, 0) is 5.33 Å². The number of furan rings is 1. The van der Waals surface area contributed by atoms with Crippen LogP contribution in [0.15, 0.2) is 28.7 Å². The van der Waals surface area contributed by atoms with Crippen molar-refractivity contribution in [2.45, 2.75) is 5.33 Å². The summed E-state index contributed by atoms with van der Waals surface area (Å²) in [5.74, 6) is 0. The average molecular weight is 246 g/mol. The van der Waals surface area contributed by atoms with Crippen LogP contribution >= 0.6 is 27.5 Å². The van der Waals surface area contributed by atoms with E-state index in [0.717, 1.165) is 16.3 Å². The minimum Gasteiger partial charge on any atom is -0.445 e. The van der Waals surface area contributed by atoms with Crippen molar-refractivity contribution in [3.05, 3.63) is 35.0 Å². The highest BCUT2D eigenvalue weighted by molar-refractivity contribution is 9.08. The lowest BCUT2D eigenvalue weighted by atomic mass is 10.2. The van der Waals surface area contributed by atoms with Gasteiger partial charge in [0.1, 0.15) is 5.58 Å². The molecular formula is C9H6BrClO. The Labute approximate surface area is 83.4 Å². The Balaban J connectivity index is 2.66. The second-order valence-corrected chi connectivity index (χ2v) is 3.49. The zero-order valence-electron chi connectivity index (χ0n) is 6.18. The summed E-state index contributed by atoms with van der Waals surface area (Å²) in [6, 6.07) is 7.84. The minimum atomic E-state index is 0.441. The molecule has 1 heterocycles. The van der Waals surface area contributed by atoms with Crippen LogP contribution in [0.5, 0.6) is 0 Å². The Hall–Kier alpha value is -0.470. The summed E-state index contributed by atoms with van der Waals surface area (Å²) < 4.78 is 5.25. The zero-order chi connectivity index (χ0) is 8.55. The summed E-state index contributed by atoms with van der Waals surface area (Å²) in [6.07, 6.45) is 0. The molecule has 62 valence electrons. The van der Waals surface area contributed by atoms with Gasteiger partial charge in [-0.05, 0) is 23.2 Å². The third-order valence-electron chi connectivity index (χ3n) is 1.71. The van der Waals surface area contributed by atoms with Gasteiger partial charge in [-0.2, -0.15) is 0 Å². The number of rotatable bonds is 1. The first-order valence-corrected chi connectivity index (χ1v) is 5.03. The van der Waals surface area contributed by atoms with Gasteiger partial charge >= 0.3 is 0 Å². The van der Waals surface area contributed by atoms with E-state index in [4.69, 9.17) is 16.0 Å². The molecule has 1 aromatic carbocycles. The van der Waals surface area contributed by atoms with Crippen molar-refractivity contribution < 1.29 is 4.42 Å². The molecule has 0 aliphatic carbocycles. The molecule has 0 unspecified atom stereocenters. The van der Waals surface area contributed by atoms with Crippen LogP contribution in [0, 0.1) is 0 Å². The molecule has 0 N–H and O–H groups in total. The molecule has 0 bridgehead atoms. The van der Waals surface area contributed by atoms with Crippen molar-refractivity contribution in [1.29, 1.82) is 0 Å². The maximum absolute atomic E-state index is 5.70. The van der Waals surface area contributed by atoms with E-state index in [1.807, 2.05) is 24.3 Å². The summed E-state index contributed by atoms with van der Waals surface area (Å²) in [6.45, 7) is 0. The molecule has 0 aliphatic rings. The van der Waals surface area contributed by atoms with Crippen molar-refractivity contribution in [3.8, 4) is 0 Å². The number of halogens is 2. The lowest BCUT2D eigenvalue weighted by Gasteiger charge is -1.92. The van der Waals surface area contributed by atoms with Crippen LogP contribution in [0.1, 0.15) is 5.56 Å². The second-order valence-electron chi connectivity index (χ2n) is 2.56. The Kier molecular flexibility index (Phi) is 2.11. The van der Waals surface area contributed by atoms with Crippen LogP contribution in [0.2, 0.25) is 5.22 Å². The van der Waals surface area contributed by atoms with Gasteiger partial charge in [0.2, 0.25) is 0 Å². The predicted octanol–water partition coefficient (Wildman–Crippen LogP) is 3.98. The Bertz CT molecular complexity index is 408. The van der Waals surface area contributed by atoms with E-state index in [2.05, 4.69) is 15.9 Å². The quantitative estimate of drug-likeness (QED) is 0.693. The van der Waals surface area contributed by atoms with Crippen molar-refractivity contribution >= 4 is 38.5 Å². The Morgan fingerprint density at radius 3 is 2.92 bits per heavy atom. The summed E-state index contributed by atoms with van der Waals surface area (Å²) >= 11 is 9.08. The molecule has 3 heteroatoms. The van der Waals surface area contributed by atoms with Gasteiger partial charge in [-0.3, -0.25) is 0 Å². The maximum Gasteiger partial charge on any atom is 0.194 e. The maximum atomic E-state index is 5.70. The largest absolute Gasteiger partial charge is 0.445 e. The second kappa shape index (κ2) is 3.11. The molecule has 0 saturated heterocycles. The predicted molar refractivity (Wildman–Crippen MR) is 53.9 cm³/mol. The van der Waals surface area contributed by atoms with Gasteiger partial charge in [-0.25, -0.2) is 0 Å². The van der Waals surface area contributed by atoms with Crippen LogP contribution in [-0.4, -0.2) is 0 Å². The van der Waals surface area contributed by atoms with E-state index >= 15 is 0 Å². The highest BCUT2D eigenvalue weighted by atomic mass is 79.9. The number of benzene rings is 1. The van der Waals surface area contributed by atoms with Gasteiger partial charge in [0.15, 0.2) is 5.22 Å². The first kappa shape index (κ1) is 8.14. The van der Waals surface area contributed by atoms with E-state index in [-0.39, 0.29) is 0 Å². The normalized spacial score (nSPS) is 10.8. The van der Waals surface area contributed by atoms with Crippen LogP contribution in [0.4, 0.5) is 0 Å². The molecule has 0 amide bonds. The van der Waals surface area contributed by atoms with Crippen molar-refractivity contribution in [2.75, 3.05) is 0 Å². The van der Waals surface area contributed by atoms with Gasteiger partial charge in [-0.1, -0.05) is 28.1 Å². The first-order valence-electron chi connectivity index (χ1n) is 3.53. The molecule has 12 heavy (non-hydrogen) atoms. The molecule has 0 radical (unpaired) electrons. The summed E-state index contributed by atoms with van der Waals surface area (Å²) in [7, 11) is 0. The van der Waals surface area contributed by atoms with Gasteiger partial charge in [0.25, 0.3) is 0 Å². The lowest BCUT2D eigenvalue weighted by Crippen LogP contribution is -1.73. The third kappa shape index (κ3) is 1.37. The highest BCUT2D eigenvalue weighted by Gasteiger charge is 2.01. The summed E-state index contributed by atoms with van der Waals surface area (Å²) in [4.78, 5) is 0. The van der Waals surface area contributed by atoms with E-state index in [0.29, 0.717) is 5.22 Å². The lowest BCUT2D eigenvalue weighted by molar-refractivity contribution is 0.617. The van der Waals surface area contributed by atoms with E-state index in [1.165, 1.54) is 5.56 Å². The fourth-order valence-electron chi connectivity index (χ4n) is 1.13. The van der Waals surface area contributed by atoms with Crippen LogP contribution < -0.4 is 0 Å². The van der Waals surface area contributed by atoms with Crippen molar-refractivity contribution in [3.63, 3.8) is 0 Å². The standard InChI is InChI=1S/C9H6BrClO/c10-5-6-1-2-7-4-9(11)12-8(7)3-6/h1-4H,5H2. The molecule has 0 saturated carbocycles. The SMILES string of the molecule is Clc1cc2ccc(CBr)cc2o1. The topological polar surface area (TPSA) is 13.1 Å². The molecule has 2 rings (SSSR count). The van der Waals surface area contributed by atoms with E-state index in [1.54, 1.807) is 0 Å². The summed E-state index contributed by atoms with van der Waals surface area (Å²) in [5, 5.41) is 2.32. The van der Waals surface area contributed by atoms with E-state index < -0.39 is 0 Å². The number of hydrogen-bond donors (Lipinski definition) is 0. The fourth-order valence-corrected chi connectivity index (χ4v) is 1.68. The Morgan fingerprint density at radius 1 is 1.33 bits per heavy atom. The monoisotopic (exact) mass is 244 g/mol. The molecule has 1 nitrogen and oxygen atoms in total. The van der Waals surface area contributed by atoms with Crippen LogP contribution in [0.25, 0.3) is 11.0 Å². The van der Waals surface area contributed by atoms with Gasteiger partial charge in [0, 0.05) is 16.8 Å². The smallest absolute Gasteiger partial charge is 0.194 e. The third-order valence-corrected chi connectivity index (χ3v) is 2.54. The average Bonchev–Trinajstić information content (AvgIpc) is 2.43. The van der Waals surface area contributed by atoms with Gasteiger partial charge in [-0.15, -0.1) is 0 Å². The van der Waals surface area contributed by atoms with Crippen molar-refractivity contribution in [1.82, 2.24) is 0 Å². The first-order chi connectivity index (χ1) is 5.79. The van der Waals surface area contributed by atoms with E-state index in [9.17, 15) is 0 Å². The van der Waals surface area contributed by atoms with Crippen molar-refractivity contribution in [2.24, 2.45) is 0 Å². The number of fused-ring (bicyclic) bond motifs is 1. The molecule has 1 aromatic heterocycles. The van der Waals surface area contributed by atoms with Gasteiger partial charge < -0.3 is 4.42 Å². The molecule has 2 aromatic rings. The molecule has 0 fully saturated rings. The number of hydrogen-bond acceptors (Lipinski definition) is 1. The highest BCUT2D eigenvalue weighted by Crippen LogP contribution is 2.24. The molecule has 0 spiro atoms. The molecule has 0 atom stereocenters. The van der Waals surface area contributed by atoms with Crippen LogP contribution in [0.3, 0.4) is 0 Å². The minimum absolute atomic E-state index is 0.441. The van der Waals surface area contributed by atoms with Gasteiger partial charge in [0.05, 0.1) is 0 Å². The summed E-state index contributed by atoms with van der Waals surface area (Å²) in [5.41, 5.74) is 2.03. The fraction of sp³-hybridized carbons (Fsp3) is 0.111. The molecule has 0 aliphatic heterocycles. The Morgan fingerprint density at radius 2 is 2.17 bits per heavy atom. The zero-order valence-corrected chi connectivity index (χ0v) is 8.52. The number of alkyl halides is 1. The molecular weight excluding hydrogens is 239 g/mol.